The number of carboxylic acid groups (broad SMARTS) is 1. The molecule has 1 saturated heterocycles. The molecule has 204 valence electrons. The van der Waals surface area contributed by atoms with E-state index in [1.54, 1.807) is 0 Å². The molecule has 1 aliphatic heterocycles. The topological polar surface area (TPSA) is 69.6 Å². The van der Waals surface area contributed by atoms with E-state index in [9.17, 15) is 18.0 Å². The number of hydrogen-bond acceptors (Lipinski definition) is 4. The van der Waals surface area contributed by atoms with E-state index in [-0.39, 0.29) is 11.9 Å². The third kappa shape index (κ3) is 8.85. The molecule has 0 spiro atoms. The number of carboxylic acids is 1. The van der Waals surface area contributed by atoms with Gasteiger partial charge in [0.2, 0.25) is 0 Å². The molecule has 2 heterocycles. The predicted octanol–water partition coefficient (Wildman–Crippen LogP) is 7.22. The zero-order valence-corrected chi connectivity index (χ0v) is 22.7. The molecule has 1 aliphatic rings. The van der Waals surface area contributed by atoms with Crippen LogP contribution >= 0.6 is 22.9 Å². The molecule has 0 bridgehead atoms. The van der Waals surface area contributed by atoms with Crippen molar-refractivity contribution < 1.29 is 27.9 Å². The maximum atomic E-state index is 12.7. The van der Waals surface area contributed by atoms with Crippen LogP contribution in [0.5, 0.6) is 0 Å². The van der Waals surface area contributed by atoms with Crippen molar-refractivity contribution >= 4 is 34.8 Å². The highest BCUT2D eigenvalue weighted by molar-refractivity contribution is 7.17. The summed E-state index contributed by atoms with van der Waals surface area (Å²) in [6.07, 6.45) is -3.11. The van der Waals surface area contributed by atoms with Gasteiger partial charge in [0.25, 0.3) is 5.91 Å². The summed E-state index contributed by atoms with van der Waals surface area (Å²) >= 11 is 7.61. The second kappa shape index (κ2) is 13.3. The van der Waals surface area contributed by atoms with E-state index >= 15 is 0 Å². The van der Waals surface area contributed by atoms with Crippen molar-refractivity contribution in [2.45, 2.75) is 51.4 Å². The van der Waals surface area contributed by atoms with E-state index in [1.165, 1.54) is 22.5 Å². The number of carbonyl (C=O) groups is 2. The van der Waals surface area contributed by atoms with E-state index in [0.29, 0.717) is 10.9 Å². The summed E-state index contributed by atoms with van der Waals surface area (Å²) in [5.41, 5.74) is 3.79. The highest BCUT2D eigenvalue weighted by atomic mass is 35.5. The second-order valence-electron chi connectivity index (χ2n) is 9.40. The lowest BCUT2D eigenvalue weighted by Gasteiger charge is -2.32. The van der Waals surface area contributed by atoms with Crippen molar-refractivity contribution in [1.82, 2.24) is 10.2 Å². The molecular formula is C28H30ClF3N2O3S. The van der Waals surface area contributed by atoms with E-state index in [1.807, 2.05) is 36.4 Å². The van der Waals surface area contributed by atoms with E-state index in [0.717, 1.165) is 47.8 Å². The van der Waals surface area contributed by atoms with Crippen LogP contribution in [0.25, 0.3) is 10.4 Å². The second-order valence-corrected chi connectivity index (χ2v) is 10.9. The number of halogens is 4. The highest BCUT2D eigenvalue weighted by Gasteiger charge is 2.38. The minimum absolute atomic E-state index is 0.0287. The number of nitrogens with zero attached hydrogens (tertiary/aromatic N) is 1. The number of hydrogen-bond donors (Lipinski definition) is 2. The molecule has 3 aromatic rings. The maximum Gasteiger partial charge on any atom is 0.490 e. The van der Waals surface area contributed by atoms with Gasteiger partial charge in [0.1, 0.15) is 0 Å². The van der Waals surface area contributed by atoms with Crippen molar-refractivity contribution in [3.8, 4) is 10.4 Å². The van der Waals surface area contributed by atoms with Crippen molar-refractivity contribution in [2.24, 2.45) is 0 Å². The van der Waals surface area contributed by atoms with Gasteiger partial charge in [-0.3, -0.25) is 9.69 Å². The number of piperidine rings is 1. The fraction of sp³-hybridized carbons (Fsp3) is 0.357. The summed E-state index contributed by atoms with van der Waals surface area (Å²) in [5, 5.41) is 11.1. The molecule has 2 aromatic carbocycles. The number of amides is 1. The van der Waals surface area contributed by atoms with E-state index < -0.39 is 12.1 Å². The molecule has 0 unspecified atom stereocenters. The molecule has 0 atom stereocenters. The van der Waals surface area contributed by atoms with Gasteiger partial charge in [-0.25, -0.2) is 4.79 Å². The van der Waals surface area contributed by atoms with Crippen molar-refractivity contribution in [1.29, 1.82) is 0 Å². The fourth-order valence-corrected chi connectivity index (χ4v) is 5.11. The lowest BCUT2D eigenvalue weighted by atomic mass is 10.0. The molecule has 10 heteroatoms. The lowest BCUT2D eigenvalue weighted by Crippen LogP contribution is -2.44. The van der Waals surface area contributed by atoms with Crippen LogP contribution in [0.2, 0.25) is 5.02 Å². The van der Waals surface area contributed by atoms with Crippen LogP contribution in [-0.2, 0) is 11.3 Å². The average Bonchev–Trinajstić information content (AvgIpc) is 3.36. The molecule has 2 N–H and O–H groups in total. The van der Waals surface area contributed by atoms with Gasteiger partial charge >= 0.3 is 12.1 Å². The lowest BCUT2D eigenvalue weighted by molar-refractivity contribution is -0.192. The fourth-order valence-electron chi connectivity index (χ4n) is 4.01. The van der Waals surface area contributed by atoms with Crippen molar-refractivity contribution in [3.63, 3.8) is 0 Å². The summed E-state index contributed by atoms with van der Waals surface area (Å²) in [6, 6.07) is 20.9. The summed E-state index contributed by atoms with van der Waals surface area (Å²) in [6.45, 7) is 7.45. The van der Waals surface area contributed by atoms with Crippen molar-refractivity contribution in [3.05, 3.63) is 81.7 Å². The number of rotatable bonds is 6. The minimum atomic E-state index is -5.08. The first-order chi connectivity index (χ1) is 17.9. The molecule has 0 aliphatic carbocycles. The van der Waals surface area contributed by atoms with Crippen LogP contribution in [0.15, 0.2) is 60.7 Å². The first-order valence-corrected chi connectivity index (χ1v) is 13.4. The molecule has 5 nitrogen and oxygen atoms in total. The molecular weight excluding hydrogens is 537 g/mol. The van der Waals surface area contributed by atoms with Crippen LogP contribution in [0, 0.1) is 0 Å². The van der Waals surface area contributed by atoms with Gasteiger partial charge in [0, 0.05) is 35.6 Å². The molecule has 1 fully saturated rings. The number of carbonyl (C=O) groups excluding carboxylic acids is 1. The Morgan fingerprint density at radius 1 is 1.08 bits per heavy atom. The number of thiophene rings is 1. The predicted molar refractivity (Wildman–Crippen MR) is 145 cm³/mol. The minimum Gasteiger partial charge on any atom is -0.475 e. The van der Waals surface area contributed by atoms with Gasteiger partial charge in [-0.1, -0.05) is 61.8 Å². The van der Waals surface area contributed by atoms with E-state index in [2.05, 4.69) is 48.3 Å². The average molecular weight is 567 g/mol. The van der Waals surface area contributed by atoms with Gasteiger partial charge in [-0.05, 0) is 59.7 Å². The van der Waals surface area contributed by atoms with Crippen LogP contribution in [0.4, 0.5) is 13.2 Å². The largest absolute Gasteiger partial charge is 0.490 e. The van der Waals surface area contributed by atoms with Crippen LogP contribution in [-0.4, -0.2) is 47.2 Å². The van der Waals surface area contributed by atoms with Gasteiger partial charge in [0.05, 0.1) is 4.88 Å². The smallest absolute Gasteiger partial charge is 0.475 e. The van der Waals surface area contributed by atoms with Gasteiger partial charge in [-0.15, -0.1) is 11.3 Å². The van der Waals surface area contributed by atoms with Gasteiger partial charge in [0.15, 0.2) is 0 Å². The van der Waals surface area contributed by atoms with Crippen LogP contribution in [0.3, 0.4) is 0 Å². The first kappa shape index (κ1) is 29.7. The molecule has 0 radical (unpaired) electrons. The summed E-state index contributed by atoms with van der Waals surface area (Å²) in [5.74, 6) is -2.16. The van der Waals surface area contributed by atoms with Crippen LogP contribution < -0.4 is 5.32 Å². The Morgan fingerprint density at radius 3 is 2.26 bits per heavy atom. The third-order valence-electron chi connectivity index (χ3n) is 6.16. The Labute approximate surface area is 229 Å². The summed E-state index contributed by atoms with van der Waals surface area (Å²) < 4.78 is 31.7. The van der Waals surface area contributed by atoms with Gasteiger partial charge in [-0.2, -0.15) is 13.2 Å². The highest BCUT2D eigenvalue weighted by Crippen LogP contribution is 2.30. The van der Waals surface area contributed by atoms with Crippen LogP contribution in [0.1, 0.15) is 53.4 Å². The third-order valence-corrected chi connectivity index (χ3v) is 7.52. The Balaban J connectivity index is 0.000000505. The molecule has 1 amide bonds. The molecule has 1 aromatic heterocycles. The van der Waals surface area contributed by atoms with Crippen molar-refractivity contribution in [2.75, 3.05) is 13.1 Å². The summed E-state index contributed by atoms with van der Waals surface area (Å²) in [4.78, 5) is 25.9. The molecule has 0 saturated carbocycles. The SMILES string of the molecule is CC(C)c1ccc(CN2CCC(NC(=O)c3ccc(-c4cccc(Cl)c4)s3)CC2)cc1.O=C(O)C(F)(F)F. The Bertz CT molecular complexity index is 1220. The normalized spacial score (nSPS) is 14.6. The monoisotopic (exact) mass is 566 g/mol. The standard InChI is InChI=1S/C26H29ClN2OS.C2HF3O2/c1-18(2)20-8-6-19(7-9-20)17-29-14-12-23(13-15-29)28-26(30)25-11-10-24(31-25)21-4-3-5-22(27)16-21;3-2(4,5)1(6)7/h3-11,16,18,23H,12-15,17H2,1-2H3,(H,28,30);(H,6,7). The Morgan fingerprint density at radius 2 is 1.71 bits per heavy atom. The first-order valence-electron chi connectivity index (χ1n) is 12.2. The maximum absolute atomic E-state index is 12.7. The molecule has 4 rings (SSSR count). The number of likely N-dealkylation sites (tertiary alicyclic amines) is 1. The van der Waals surface area contributed by atoms with E-state index in [4.69, 9.17) is 21.5 Å². The number of alkyl halides is 3. The quantitative estimate of drug-likeness (QED) is 0.330. The number of nitrogens with one attached hydrogen (secondary N) is 1. The zero-order valence-electron chi connectivity index (χ0n) is 21.1. The number of benzene rings is 2. The molecule has 38 heavy (non-hydrogen) atoms. The Kier molecular flexibility index (Phi) is 10.4. The number of aliphatic carboxylic acids is 1. The summed E-state index contributed by atoms with van der Waals surface area (Å²) in [7, 11) is 0. The van der Waals surface area contributed by atoms with Gasteiger partial charge < -0.3 is 10.4 Å². The Hall–Kier alpha value is -2.88. The zero-order chi connectivity index (χ0) is 27.9.